The van der Waals surface area contributed by atoms with Crippen molar-refractivity contribution in [3.05, 3.63) is 29.3 Å². The first kappa shape index (κ1) is 14.6. The topological polar surface area (TPSA) is 35.2 Å². The molecule has 0 amide bonds. The molecule has 0 aromatic heterocycles. The summed E-state index contributed by atoms with van der Waals surface area (Å²) in [4.78, 5) is 0. The summed E-state index contributed by atoms with van der Waals surface area (Å²) in [7, 11) is 0. The molecule has 0 bridgehead atoms. The van der Waals surface area contributed by atoms with Crippen molar-refractivity contribution in [1.82, 2.24) is 0 Å². The molecule has 1 atom stereocenters. The van der Waals surface area contributed by atoms with Gasteiger partial charge in [-0.3, -0.25) is 0 Å². The molecule has 0 heterocycles. The second-order valence-corrected chi connectivity index (χ2v) is 4.51. The number of benzene rings is 1. The van der Waals surface area contributed by atoms with Crippen molar-refractivity contribution in [3.8, 4) is 17.6 Å². The number of nitrogens with two attached hydrogens (primary N) is 1. The van der Waals surface area contributed by atoms with E-state index in [-0.39, 0.29) is 6.04 Å². The monoisotopic (exact) mass is 245 g/mol. The summed E-state index contributed by atoms with van der Waals surface area (Å²) in [5.74, 6) is 6.82. The van der Waals surface area contributed by atoms with Crippen molar-refractivity contribution >= 4 is 0 Å². The second kappa shape index (κ2) is 7.79. The van der Waals surface area contributed by atoms with Crippen LogP contribution in [-0.2, 0) is 6.42 Å². The third kappa shape index (κ3) is 4.81. The van der Waals surface area contributed by atoms with Crippen LogP contribution in [0.3, 0.4) is 0 Å². The smallest absolute Gasteiger partial charge is 0.122 e. The highest BCUT2D eigenvalue weighted by molar-refractivity contribution is 5.37. The van der Waals surface area contributed by atoms with Gasteiger partial charge in [0.2, 0.25) is 0 Å². The molecule has 2 N–H and O–H groups in total. The molecular formula is C16H23NO. The quantitative estimate of drug-likeness (QED) is 0.617. The van der Waals surface area contributed by atoms with E-state index < -0.39 is 0 Å². The highest BCUT2D eigenvalue weighted by Gasteiger charge is 2.08. The molecule has 2 heteroatoms. The number of rotatable bonds is 6. The first-order valence-corrected chi connectivity index (χ1v) is 6.54. The van der Waals surface area contributed by atoms with Gasteiger partial charge in [0, 0.05) is 12.5 Å². The molecule has 1 aromatic carbocycles. The molecule has 98 valence electrons. The summed E-state index contributed by atoms with van der Waals surface area (Å²) < 4.78 is 5.78. The maximum absolute atomic E-state index is 6.02. The minimum absolute atomic E-state index is 0.199. The largest absolute Gasteiger partial charge is 0.492 e. The standard InChI is InChI=1S/C16H23NO/c1-4-6-7-10-18-16-9-8-13(3)11-14(16)12-15(17)5-2/h8-9,11,15H,5,7,10,12,17H2,1-3H3. The Morgan fingerprint density at radius 1 is 1.39 bits per heavy atom. The van der Waals surface area contributed by atoms with Gasteiger partial charge in [-0.05, 0) is 38.3 Å². The lowest BCUT2D eigenvalue weighted by molar-refractivity contribution is 0.322. The summed E-state index contributed by atoms with van der Waals surface area (Å²) >= 11 is 0. The zero-order valence-electron chi connectivity index (χ0n) is 11.6. The Morgan fingerprint density at radius 2 is 2.17 bits per heavy atom. The van der Waals surface area contributed by atoms with E-state index in [0.717, 1.165) is 25.0 Å². The molecule has 2 nitrogen and oxygen atoms in total. The fourth-order valence-electron chi connectivity index (χ4n) is 1.77. The highest BCUT2D eigenvalue weighted by atomic mass is 16.5. The van der Waals surface area contributed by atoms with Gasteiger partial charge in [-0.15, -0.1) is 11.8 Å². The molecule has 0 spiro atoms. The van der Waals surface area contributed by atoms with E-state index in [4.69, 9.17) is 10.5 Å². The summed E-state index contributed by atoms with van der Waals surface area (Å²) in [5.41, 5.74) is 8.47. The minimum atomic E-state index is 0.199. The van der Waals surface area contributed by atoms with Crippen molar-refractivity contribution < 1.29 is 4.74 Å². The van der Waals surface area contributed by atoms with Crippen molar-refractivity contribution in [2.75, 3.05) is 6.61 Å². The molecule has 0 aliphatic rings. The molecular weight excluding hydrogens is 222 g/mol. The number of aryl methyl sites for hydroxylation is 1. The Hall–Kier alpha value is -1.46. The van der Waals surface area contributed by atoms with E-state index in [1.54, 1.807) is 0 Å². The maximum Gasteiger partial charge on any atom is 0.122 e. The van der Waals surface area contributed by atoms with E-state index in [0.29, 0.717) is 6.61 Å². The Labute approximate surface area is 111 Å². The van der Waals surface area contributed by atoms with Crippen molar-refractivity contribution in [3.63, 3.8) is 0 Å². The Bertz CT molecular complexity index is 428. The molecule has 0 radical (unpaired) electrons. The van der Waals surface area contributed by atoms with Crippen LogP contribution in [0.15, 0.2) is 18.2 Å². The van der Waals surface area contributed by atoms with E-state index in [2.05, 4.69) is 37.8 Å². The van der Waals surface area contributed by atoms with Crippen molar-refractivity contribution in [2.24, 2.45) is 5.73 Å². The Balaban J connectivity index is 2.71. The zero-order valence-corrected chi connectivity index (χ0v) is 11.6. The molecule has 0 saturated carbocycles. The molecule has 1 aromatic rings. The van der Waals surface area contributed by atoms with Crippen LogP contribution in [0.25, 0.3) is 0 Å². The lowest BCUT2D eigenvalue weighted by Crippen LogP contribution is -2.21. The van der Waals surface area contributed by atoms with E-state index >= 15 is 0 Å². The summed E-state index contributed by atoms with van der Waals surface area (Å²) in [6.45, 7) is 6.68. The SMILES string of the molecule is CC#CCCOc1ccc(C)cc1CC(N)CC. The molecule has 1 rings (SSSR count). The van der Waals surface area contributed by atoms with E-state index in [9.17, 15) is 0 Å². The average Bonchev–Trinajstić information content (AvgIpc) is 2.36. The Kier molecular flexibility index (Phi) is 6.32. The molecule has 0 saturated heterocycles. The number of hydrogen-bond donors (Lipinski definition) is 1. The van der Waals surface area contributed by atoms with Crippen LogP contribution in [0.1, 0.15) is 37.8 Å². The molecule has 0 fully saturated rings. The summed E-state index contributed by atoms with van der Waals surface area (Å²) in [6, 6.07) is 6.47. The molecule has 0 aliphatic heterocycles. The van der Waals surface area contributed by atoms with Crippen LogP contribution < -0.4 is 10.5 Å². The van der Waals surface area contributed by atoms with Gasteiger partial charge in [0.05, 0.1) is 6.61 Å². The van der Waals surface area contributed by atoms with Gasteiger partial charge in [-0.1, -0.05) is 24.6 Å². The number of hydrogen-bond acceptors (Lipinski definition) is 2. The van der Waals surface area contributed by atoms with Gasteiger partial charge >= 0.3 is 0 Å². The normalized spacial score (nSPS) is 11.6. The summed E-state index contributed by atoms with van der Waals surface area (Å²) in [5, 5.41) is 0. The van der Waals surface area contributed by atoms with Crippen LogP contribution >= 0.6 is 0 Å². The summed E-state index contributed by atoms with van der Waals surface area (Å²) in [6.07, 6.45) is 2.62. The third-order valence-corrected chi connectivity index (χ3v) is 2.88. The van der Waals surface area contributed by atoms with Crippen molar-refractivity contribution in [2.45, 2.75) is 46.1 Å². The van der Waals surface area contributed by atoms with Gasteiger partial charge in [-0.2, -0.15) is 0 Å². The van der Waals surface area contributed by atoms with Gasteiger partial charge in [0.1, 0.15) is 5.75 Å². The van der Waals surface area contributed by atoms with Crippen LogP contribution in [0.5, 0.6) is 5.75 Å². The van der Waals surface area contributed by atoms with Crippen LogP contribution in [-0.4, -0.2) is 12.6 Å². The van der Waals surface area contributed by atoms with Crippen LogP contribution in [0.4, 0.5) is 0 Å². The lowest BCUT2D eigenvalue weighted by atomic mass is 10.0. The van der Waals surface area contributed by atoms with Gasteiger partial charge < -0.3 is 10.5 Å². The van der Waals surface area contributed by atoms with Gasteiger partial charge in [-0.25, -0.2) is 0 Å². The first-order chi connectivity index (χ1) is 8.67. The molecule has 18 heavy (non-hydrogen) atoms. The highest BCUT2D eigenvalue weighted by Crippen LogP contribution is 2.22. The van der Waals surface area contributed by atoms with Gasteiger partial charge in [0.15, 0.2) is 0 Å². The van der Waals surface area contributed by atoms with Crippen LogP contribution in [0, 0.1) is 18.8 Å². The Morgan fingerprint density at radius 3 is 2.83 bits per heavy atom. The van der Waals surface area contributed by atoms with Gasteiger partial charge in [0.25, 0.3) is 0 Å². The first-order valence-electron chi connectivity index (χ1n) is 6.54. The van der Waals surface area contributed by atoms with E-state index in [1.165, 1.54) is 11.1 Å². The van der Waals surface area contributed by atoms with Crippen LogP contribution in [0.2, 0.25) is 0 Å². The average molecular weight is 245 g/mol. The third-order valence-electron chi connectivity index (χ3n) is 2.88. The van der Waals surface area contributed by atoms with Crippen molar-refractivity contribution in [1.29, 1.82) is 0 Å². The molecule has 0 aliphatic carbocycles. The lowest BCUT2D eigenvalue weighted by Gasteiger charge is -2.14. The minimum Gasteiger partial charge on any atom is -0.492 e. The fourth-order valence-corrected chi connectivity index (χ4v) is 1.77. The predicted octanol–water partition coefficient (Wildman–Crippen LogP) is 3.07. The molecule has 1 unspecified atom stereocenters. The number of ether oxygens (including phenoxy) is 1. The predicted molar refractivity (Wildman–Crippen MR) is 76.7 cm³/mol. The zero-order chi connectivity index (χ0) is 13.4. The second-order valence-electron chi connectivity index (χ2n) is 4.51. The van der Waals surface area contributed by atoms with E-state index in [1.807, 2.05) is 13.0 Å². The fraction of sp³-hybridized carbons (Fsp3) is 0.500. The maximum atomic E-state index is 6.02.